The predicted octanol–water partition coefficient (Wildman–Crippen LogP) is 2.87. The number of para-hydroxylation sites is 1. The lowest BCUT2D eigenvalue weighted by Gasteiger charge is -2.16. The second-order valence-corrected chi connectivity index (χ2v) is 5.95. The quantitative estimate of drug-likeness (QED) is 0.659. The molecule has 0 amide bonds. The van der Waals surface area contributed by atoms with E-state index in [0.717, 1.165) is 23.8 Å². The van der Waals surface area contributed by atoms with E-state index in [1.165, 1.54) is 25.7 Å². The molecule has 1 aromatic heterocycles. The monoisotopic (exact) mass is 311 g/mol. The second-order valence-electron chi connectivity index (χ2n) is 5.95. The molecule has 1 aliphatic carbocycles. The molecule has 0 atom stereocenters. The van der Waals surface area contributed by atoms with Crippen LogP contribution in [0.3, 0.4) is 0 Å². The van der Waals surface area contributed by atoms with Gasteiger partial charge in [0.15, 0.2) is 5.96 Å². The summed E-state index contributed by atoms with van der Waals surface area (Å²) < 4.78 is 1.89. The van der Waals surface area contributed by atoms with Crippen LogP contribution < -0.4 is 10.6 Å². The van der Waals surface area contributed by atoms with E-state index < -0.39 is 0 Å². The van der Waals surface area contributed by atoms with Crippen LogP contribution in [0.4, 0.5) is 0 Å². The molecule has 0 radical (unpaired) electrons. The number of aliphatic imine (C=N–C) groups is 1. The molecule has 0 spiro atoms. The summed E-state index contributed by atoms with van der Waals surface area (Å²) in [6, 6.07) is 10.7. The van der Waals surface area contributed by atoms with Crippen LogP contribution in [0.5, 0.6) is 0 Å². The number of benzene rings is 1. The molecule has 1 fully saturated rings. The van der Waals surface area contributed by atoms with Crippen LogP contribution in [0, 0.1) is 0 Å². The molecule has 3 rings (SSSR count). The van der Waals surface area contributed by atoms with E-state index in [1.807, 2.05) is 47.4 Å². The maximum atomic E-state index is 4.70. The van der Waals surface area contributed by atoms with Gasteiger partial charge in [0.1, 0.15) is 0 Å². The van der Waals surface area contributed by atoms with Gasteiger partial charge >= 0.3 is 0 Å². The number of guanidine groups is 1. The normalized spacial score (nSPS) is 15.8. The Bertz CT molecular complexity index is 626. The first-order valence-electron chi connectivity index (χ1n) is 8.49. The highest BCUT2D eigenvalue weighted by atomic mass is 15.3. The lowest BCUT2D eigenvalue weighted by Crippen LogP contribution is -2.42. The Morgan fingerprint density at radius 1 is 1.26 bits per heavy atom. The predicted molar refractivity (Wildman–Crippen MR) is 93.8 cm³/mol. The number of nitrogens with one attached hydrogen (secondary N) is 2. The van der Waals surface area contributed by atoms with E-state index in [2.05, 4.69) is 22.7 Å². The molecule has 1 aliphatic rings. The smallest absolute Gasteiger partial charge is 0.191 e. The molecule has 0 saturated heterocycles. The Balaban J connectivity index is 1.63. The average molecular weight is 311 g/mol. The summed E-state index contributed by atoms with van der Waals surface area (Å²) in [5.41, 5.74) is 2.18. The SMILES string of the molecule is CCNC(=NCc1cnn(-c2ccccc2)c1)NC1CCCC1. The summed E-state index contributed by atoms with van der Waals surface area (Å²) in [4.78, 5) is 4.70. The number of aromatic nitrogens is 2. The van der Waals surface area contributed by atoms with Crippen molar-refractivity contribution in [3.63, 3.8) is 0 Å². The molecular formula is C18H25N5. The zero-order valence-electron chi connectivity index (χ0n) is 13.7. The van der Waals surface area contributed by atoms with Crippen LogP contribution in [0.25, 0.3) is 5.69 Å². The Labute approximate surface area is 137 Å². The molecule has 1 aromatic carbocycles. The molecule has 122 valence electrons. The Morgan fingerprint density at radius 2 is 2.04 bits per heavy atom. The van der Waals surface area contributed by atoms with Crippen LogP contribution in [-0.2, 0) is 6.54 Å². The van der Waals surface area contributed by atoms with Gasteiger partial charge in [0.25, 0.3) is 0 Å². The maximum absolute atomic E-state index is 4.70. The molecule has 0 aliphatic heterocycles. The van der Waals surface area contributed by atoms with Gasteiger partial charge < -0.3 is 10.6 Å². The third-order valence-electron chi connectivity index (χ3n) is 4.12. The molecule has 1 saturated carbocycles. The largest absolute Gasteiger partial charge is 0.357 e. The minimum atomic E-state index is 0.569. The third kappa shape index (κ3) is 4.34. The van der Waals surface area contributed by atoms with Gasteiger partial charge in [-0.05, 0) is 31.9 Å². The van der Waals surface area contributed by atoms with E-state index in [4.69, 9.17) is 4.99 Å². The Morgan fingerprint density at radius 3 is 2.78 bits per heavy atom. The van der Waals surface area contributed by atoms with Crippen molar-refractivity contribution in [2.24, 2.45) is 4.99 Å². The van der Waals surface area contributed by atoms with Gasteiger partial charge in [0.05, 0.1) is 18.4 Å². The van der Waals surface area contributed by atoms with Gasteiger partial charge in [-0.1, -0.05) is 31.0 Å². The van der Waals surface area contributed by atoms with Crippen LogP contribution in [0.2, 0.25) is 0 Å². The van der Waals surface area contributed by atoms with E-state index in [9.17, 15) is 0 Å². The number of hydrogen-bond donors (Lipinski definition) is 2. The first kappa shape index (κ1) is 15.6. The summed E-state index contributed by atoms with van der Waals surface area (Å²) in [6.07, 6.45) is 9.06. The number of rotatable bonds is 5. The molecule has 5 heteroatoms. The van der Waals surface area contributed by atoms with Crippen molar-refractivity contribution in [2.45, 2.75) is 45.2 Å². The second kappa shape index (κ2) is 7.81. The molecule has 2 N–H and O–H groups in total. The molecule has 5 nitrogen and oxygen atoms in total. The van der Waals surface area contributed by atoms with E-state index in [1.54, 1.807) is 0 Å². The van der Waals surface area contributed by atoms with Crippen molar-refractivity contribution < 1.29 is 0 Å². The number of hydrogen-bond acceptors (Lipinski definition) is 2. The molecule has 0 unspecified atom stereocenters. The number of nitrogens with zero attached hydrogens (tertiary/aromatic N) is 3. The zero-order valence-corrected chi connectivity index (χ0v) is 13.7. The van der Waals surface area contributed by atoms with E-state index >= 15 is 0 Å². The first-order valence-corrected chi connectivity index (χ1v) is 8.49. The zero-order chi connectivity index (χ0) is 15.9. The van der Waals surface area contributed by atoms with Crippen LogP contribution in [0.15, 0.2) is 47.7 Å². The van der Waals surface area contributed by atoms with Gasteiger partial charge in [0.2, 0.25) is 0 Å². The highest BCUT2D eigenvalue weighted by Crippen LogP contribution is 2.17. The molecule has 23 heavy (non-hydrogen) atoms. The van der Waals surface area contributed by atoms with Gasteiger partial charge in [-0.15, -0.1) is 0 Å². The molecule has 1 heterocycles. The van der Waals surface area contributed by atoms with Crippen molar-refractivity contribution in [1.82, 2.24) is 20.4 Å². The highest BCUT2D eigenvalue weighted by molar-refractivity contribution is 5.80. The fourth-order valence-electron chi connectivity index (χ4n) is 2.92. The Kier molecular flexibility index (Phi) is 5.29. The van der Waals surface area contributed by atoms with Crippen molar-refractivity contribution in [3.05, 3.63) is 48.3 Å². The van der Waals surface area contributed by atoms with Gasteiger partial charge in [-0.2, -0.15) is 5.10 Å². The minimum absolute atomic E-state index is 0.569. The summed E-state index contributed by atoms with van der Waals surface area (Å²) in [6.45, 7) is 3.61. The highest BCUT2D eigenvalue weighted by Gasteiger charge is 2.15. The van der Waals surface area contributed by atoms with Gasteiger partial charge in [0, 0.05) is 24.3 Å². The first-order chi connectivity index (χ1) is 11.3. The van der Waals surface area contributed by atoms with Crippen molar-refractivity contribution in [2.75, 3.05) is 6.54 Å². The summed E-state index contributed by atoms with van der Waals surface area (Å²) in [7, 11) is 0. The Hall–Kier alpha value is -2.30. The van der Waals surface area contributed by atoms with Crippen molar-refractivity contribution in [3.8, 4) is 5.69 Å². The van der Waals surface area contributed by atoms with Gasteiger partial charge in [-0.3, -0.25) is 0 Å². The molecular weight excluding hydrogens is 286 g/mol. The van der Waals surface area contributed by atoms with Crippen molar-refractivity contribution >= 4 is 5.96 Å². The standard InChI is InChI=1S/C18H25N5/c1-2-19-18(22-16-8-6-7-9-16)20-12-15-13-21-23(14-15)17-10-4-3-5-11-17/h3-5,10-11,13-14,16H,2,6-9,12H2,1H3,(H2,19,20,22). The topological polar surface area (TPSA) is 54.2 Å². The van der Waals surface area contributed by atoms with Gasteiger partial charge in [-0.25, -0.2) is 9.67 Å². The maximum Gasteiger partial charge on any atom is 0.191 e. The third-order valence-corrected chi connectivity index (χ3v) is 4.12. The molecule has 0 bridgehead atoms. The fraction of sp³-hybridized carbons (Fsp3) is 0.444. The van der Waals surface area contributed by atoms with Crippen molar-refractivity contribution in [1.29, 1.82) is 0 Å². The van der Waals surface area contributed by atoms with E-state index in [-0.39, 0.29) is 0 Å². The lowest BCUT2D eigenvalue weighted by atomic mass is 10.2. The average Bonchev–Trinajstić information content (AvgIpc) is 3.25. The molecule has 2 aromatic rings. The summed E-state index contributed by atoms with van der Waals surface area (Å²) in [5.74, 6) is 0.909. The van der Waals surface area contributed by atoms with E-state index in [0.29, 0.717) is 12.6 Å². The minimum Gasteiger partial charge on any atom is -0.357 e. The summed E-state index contributed by atoms with van der Waals surface area (Å²) >= 11 is 0. The summed E-state index contributed by atoms with van der Waals surface area (Å²) in [5, 5.41) is 11.3. The van der Waals surface area contributed by atoms with Crippen LogP contribution >= 0.6 is 0 Å². The van der Waals surface area contributed by atoms with Crippen LogP contribution in [0.1, 0.15) is 38.2 Å². The fourth-order valence-corrected chi connectivity index (χ4v) is 2.92. The van der Waals surface area contributed by atoms with Crippen LogP contribution in [-0.4, -0.2) is 28.3 Å². The lowest BCUT2D eigenvalue weighted by molar-refractivity contribution is 0.614.